The Bertz CT molecular complexity index is 397. The van der Waals surface area contributed by atoms with Crippen LogP contribution in [0, 0.1) is 0 Å². The monoisotopic (exact) mass is 303 g/mol. The molecule has 0 spiro atoms. The van der Waals surface area contributed by atoms with E-state index in [-0.39, 0.29) is 11.6 Å². The Labute approximate surface area is 126 Å². The van der Waals surface area contributed by atoms with Gasteiger partial charge in [0.2, 0.25) is 0 Å². The van der Waals surface area contributed by atoms with Gasteiger partial charge in [-0.2, -0.15) is 0 Å². The van der Waals surface area contributed by atoms with E-state index < -0.39 is 0 Å². The van der Waals surface area contributed by atoms with Gasteiger partial charge in [-0.1, -0.05) is 56.1 Å². The van der Waals surface area contributed by atoms with E-state index in [0.717, 1.165) is 24.9 Å². The minimum Gasteiger partial charge on any atom is -0.376 e. The van der Waals surface area contributed by atoms with Crippen LogP contribution in [0.1, 0.15) is 45.2 Å². The fourth-order valence-electron chi connectivity index (χ4n) is 2.59. The minimum absolute atomic E-state index is 0.0312. The molecular formula is C15H23Cl2NO. The molecule has 1 aromatic carbocycles. The van der Waals surface area contributed by atoms with E-state index >= 15 is 0 Å². The molecule has 1 atom stereocenters. The van der Waals surface area contributed by atoms with Crippen LogP contribution in [0.25, 0.3) is 0 Å². The summed E-state index contributed by atoms with van der Waals surface area (Å²) in [5, 5.41) is 4.68. The number of methoxy groups -OCH3 is 1. The summed E-state index contributed by atoms with van der Waals surface area (Å²) in [5.41, 5.74) is 0.728. The van der Waals surface area contributed by atoms with E-state index in [1.165, 1.54) is 0 Å². The maximum Gasteiger partial charge on any atom is 0.0867 e. The summed E-state index contributed by atoms with van der Waals surface area (Å²) in [6.45, 7) is 7.20. The van der Waals surface area contributed by atoms with Gasteiger partial charge in [-0.3, -0.25) is 0 Å². The average Bonchev–Trinajstić information content (AvgIpc) is 2.43. The fourth-order valence-corrected chi connectivity index (χ4v) is 3.01. The van der Waals surface area contributed by atoms with Crippen molar-refractivity contribution in [3.8, 4) is 0 Å². The smallest absolute Gasteiger partial charge is 0.0867 e. The summed E-state index contributed by atoms with van der Waals surface area (Å²) >= 11 is 12.5. The van der Waals surface area contributed by atoms with Crippen LogP contribution in [0.5, 0.6) is 0 Å². The van der Waals surface area contributed by atoms with E-state index in [1.807, 2.05) is 18.2 Å². The van der Waals surface area contributed by atoms with Crippen LogP contribution >= 0.6 is 23.2 Å². The van der Waals surface area contributed by atoms with Crippen LogP contribution < -0.4 is 5.32 Å². The standard InChI is InChI=1S/C15H23Cl2NO/c1-5-15(6-2,19-4)14(18-7-3)11-9-8-10-12(16)13(11)17/h8-10,14,18H,5-7H2,1-4H3. The maximum atomic E-state index is 6.37. The molecule has 108 valence electrons. The molecule has 1 rings (SSSR count). The Hall–Kier alpha value is -0.280. The van der Waals surface area contributed by atoms with Crippen LogP contribution in [-0.4, -0.2) is 19.3 Å². The number of likely N-dealkylation sites (N-methyl/N-ethyl adjacent to an activating group) is 1. The van der Waals surface area contributed by atoms with Gasteiger partial charge in [0, 0.05) is 7.11 Å². The van der Waals surface area contributed by atoms with Crippen molar-refractivity contribution in [3.63, 3.8) is 0 Å². The van der Waals surface area contributed by atoms with Crippen molar-refractivity contribution in [1.29, 1.82) is 0 Å². The number of benzene rings is 1. The first kappa shape index (κ1) is 16.8. The Morgan fingerprint density at radius 1 is 1.21 bits per heavy atom. The number of hydrogen-bond donors (Lipinski definition) is 1. The molecule has 0 saturated carbocycles. The third-order valence-electron chi connectivity index (χ3n) is 3.83. The first-order valence-corrected chi connectivity index (χ1v) is 7.54. The molecular weight excluding hydrogens is 281 g/mol. The van der Waals surface area contributed by atoms with Crippen LogP contribution in [-0.2, 0) is 4.74 Å². The molecule has 0 radical (unpaired) electrons. The number of rotatable bonds is 7. The number of hydrogen-bond acceptors (Lipinski definition) is 2. The molecule has 1 unspecified atom stereocenters. The minimum atomic E-state index is -0.273. The van der Waals surface area contributed by atoms with Crippen molar-refractivity contribution in [3.05, 3.63) is 33.8 Å². The summed E-state index contributed by atoms with van der Waals surface area (Å²) < 4.78 is 5.84. The topological polar surface area (TPSA) is 21.3 Å². The second kappa shape index (κ2) is 7.49. The highest BCUT2D eigenvalue weighted by atomic mass is 35.5. The zero-order valence-electron chi connectivity index (χ0n) is 12.1. The van der Waals surface area contributed by atoms with Gasteiger partial charge in [0.1, 0.15) is 0 Å². The van der Waals surface area contributed by atoms with Gasteiger partial charge >= 0.3 is 0 Å². The van der Waals surface area contributed by atoms with Gasteiger partial charge in [-0.25, -0.2) is 0 Å². The summed E-state index contributed by atoms with van der Waals surface area (Å²) in [6.07, 6.45) is 1.81. The lowest BCUT2D eigenvalue weighted by molar-refractivity contribution is -0.0482. The molecule has 0 heterocycles. The van der Waals surface area contributed by atoms with Gasteiger partial charge in [0.05, 0.1) is 21.7 Å². The number of ether oxygens (including phenoxy) is 1. The van der Waals surface area contributed by atoms with Gasteiger partial charge in [0.25, 0.3) is 0 Å². The van der Waals surface area contributed by atoms with Gasteiger partial charge in [-0.15, -0.1) is 0 Å². The van der Waals surface area contributed by atoms with Crippen LogP contribution in [0.4, 0.5) is 0 Å². The molecule has 0 amide bonds. The second-order valence-corrected chi connectivity index (χ2v) is 5.39. The Morgan fingerprint density at radius 2 is 1.84 bits per heavy atom. The molecule has 0 bridgehead atoms. The first-order chi connectivity index (χ1) is 9.06. The third-order valence-corrected chi connectivity index (χ3v) is 4.66. The highest BCUT2D eigenvalue weighted by Gasteiger charge is 2.37. The lowest BCUT2D eigenvalue weighted by Gasteiger charge is -2.39. The van der Waals surface area contributed by atoms with E-state index in [2.05, 4.69) is 26.1 Å². The van der Waals surface area contributed by atoms with Crippen LogP contribution in [0.2, 0.25) is 10.0 Å². The molecule has 2 nitrogen and oxygen atoms in total. The van der Waals surface area contributed by atoms with Crippen molar-refractivity contribution in [1.82, 2.24) is 5.32 Å². The van der Waals surface area contributed by atoms with Crippen LogP contribution in [0.3, 0.4) is 0 Å². The molecule has 0 aromatic heterocycles. The number of halogens is 2. The quantitative estimate of drug-likeness (QED) is 0.777. The highest BCUT2D eigenvalue weighted by molar-refractivity contribution is 6.42. The van der Waals surface area contributed by atoms with E-state index in [0.29, 0.717) is 10.0 Å². The molecule has 4 heteroatoms. The van der Waals surface area contributed by atoms with Gasteiger partial charge in [-0.05, 0) is 31.0 Å². The summed E-state index contributed by atoms with van der Waals surface area (Å²) in [4.78, 5) is 0. The van der Waals surface area contributed by atoms with Gasteiger partial charge in [0.15, 0.2) is 0 Å². The van der Waals surface area contributed by atoms with Crippen molar-refractivity contribution in [2.45, 2.75) is 45.3 Å². The molecule has 1 N–H and O–H groups in total. The normalized spacial score (nSPS) is 13.6. The van der Waals surface area contributed by atoms with Gasteiger partial charge < -0.3 is 10.1 Å². The van der Waals surface area contributed by atoms with E-state index in [9.17, 15) is 0 Å². The summed E-state index contributed by atoms with van der Waals surface area (Å²) in [6, 6.07) is 5.78. The van der Waals surface area contributed by atoms with Crippen molar-refractivity contribution >= 4 is 23.2 Å². The maximum absolute atomic E-state index is 6.37. The average molecular weight is 304 g/mol. The fraction of sp³-hybridized carbons (Fsp3) is 0.600. The summed E-state index contributed by atoms with van der Waals surface area (Å²) in [7, 11) is 1.76. The Morgan fingerprint density at radius 3 is 2.32 bits per heavy atom. The molecule has 0 fully saturated rings. The lowest BCUT2D eigenvalue weighted by atomic mass is 9.83. The number of nitrogens with one attached hydrogen (secondary N) is 1. The molecule has 0 aliphatic carbocycles. The van der Waals surface area contributed by atoms with Crippen molar-refractivity contribution < 1.29 is 4.74 Å². The predicted molar refractivity (Wildman–Crippen MR) is 83.2 cm³/mol. The Kier molecular flexibility index (Phi) is 6.61. The second-order valence-electron chi connectivity index (χ2n) is 4.61. The SMILES string of the molecule is CCNC(c1cccc(Cl)c1Cl)C(CC)(CC)OC. The molecule has 0 aliphatic rings. The van der Waals surface area contributed by atoms with E-state index in [4.69, 9.17) is 27.9 Å². The third kappa shape index (κ3) is 3.43. The lowest BCUT2D eigenvalue weighted by Crippen LogP contribution is -2.45. The molecule has 0 aliphatic heterocycles. The first-order valence-electron chi connectivity index (χ1n) is 6.78. The molecule has 0 saturated heterocycles. The molecule has 1 aromatic rings. The van der Waals surface area contributed by atoms with Crippen molar-refractivity contribution in [2.75, 3.05) is 13.7 Å². The molecule has 19 heavy (non-hydrogen) atoms. The van der Waals surface area contributed by atoms with Crippen LogP contribution in [0.15, 0.2) is 18.2 Å². The largest absolute Gasteiger partial charge is 0.376 e. The van der Waals surface area contributed by atoms with Crippen molar-refractivity contribution in [2.24, 2.45) is 0 Å². The zero-order chi connectivity index (χ0) is 14.5. The Balaban J connectivity index is 3.30. The van der Waals surface area contributed by atoms with E-state index in [1.54, 1.807) is 7.11 Å². The highest BCUT2D eigenvalue weighted by Crippen LogP contribution is 2.39. The predicted octanol–water partition coefficient (Wildman–Crippen LogP) is 4.85. The zero-order valence-corrected chi connectivity index (χ0v) is 13.6. The summed E-state index contributed by atoms with van der Waals surface area (Å²) in [5.74, 6) is 0.